The van der Waals surface area contributed by atoms with Crippen LogP contribution in [0.3, 0.4) is 0 Å². The molecular formula is C12H15NO2. The van der Waals surface area contributed by atoms with Crippen molar-refractivity contribution < 1.29 is 9.59 Å². The van der Waals surface area contributed by atoms with Gasteiger partial charge in [0.25, 0.3) is 0 Å². The normalized spacial score (nSPS) is 10.1. The monoisotopic (exact) mass is 205 g/mol. The second kappa shape index (κ2) is 5.29. The Morgan fingerprint density at radius 3 is 2.80 bits per heavy atom. The molecule has 0 unspecified atom stereocenters. The number of benzene rings is 1. The lowest BCUT2D eigenvalue weighted by molar-refractivity contribution is -0.120. The summed E-state index contributed by atoms with van der Waals surface area (Å²) in [5, 5.41) is 2.80. The molecule has 0 spiro atoms. The zero-order valence-electron chi connectivity index (χ0n) is 8.99. The maximum atomic E-state index is 11.4. The number of aldehydes is 1. The van der Waals surface area contributed by atoms with E-state index in [9.17, 15) is 9.59 Å². The van der Waals surface area contributed by atoms with Gasteiger partial charge in [-0.1, -0.05) is 18.2 Å². The topological polar surface area (TPSA) is 46.2 Å². The van der Waals surface area contributed by atoms with Gasteiger partial charge < -0.3 is 5.32 Å². The number of carbonyl (C=O) groups excluding carboxylic acids is 2. The minimum atomic E-state index is -0.0203. The number of carbonyl (C=O) groups is 2. The Morgan fingerprint density at radius 1 is 1.47 bits per heavy atom. The summed E-state index contributed by atoms with van der Waals surface area (Å²) in [6, 6.07) is 7.21. The number of hydrogen-bond acceptors (Lipinski definition) is 2. The molecule has 15 heavy (non-hydrogen) atoms. The highest BCUT2D eigenvalue weighted by atomic mass is 16.1. The van der Waals surface area contributed by atoms with Crippen molar-refractivity contribution in [3.63, 3.8) is 0 Å². The van der Waals surface area contributed by atoms with Crippen LogP contribution in [0.1, 0.15) is 29.8 Å². The van der Waals surface area contributed by atoms with E-state index in [4.69, 9.17) is 0 Å². The molecule has 0 saturated heterocycles. The Balaban J connectivity index is 2.64. The van der Waals surface area contributed by atoms with Gasteiger partial charge in [-0.15, -0.1) is 0 Å². The highest BCUT2D eigenvalue weighted by molar-refractivity contribution is 5.80. The van der Waals surface area contributed by atoms with Crippen LogP contribution in [-0.2, 0) is 11.2 Å². The van der Waals surface area contributed by atoms with Gasteiger partial charge in [-0.25, -0.2) is 0 Å². The van der Waals surface area contributed by atoms with Gasteiger partial charge in [0.05, 0.1) is 6.42 Å². The first-order valence-electron chi connectivity index (χ1n) is 4.95. The summed E-state index contributed by atoms with van der Waals surface area (Å²) in [5.74, 6) is -0.0203. The molecule has 1 amide bonds. The third-order valence-electron chi connectivity index (χ3n) is 1.90. The third kappa shape index (κ3) is 3.94. The van der Waals surface area contributed by atoms with Gasteiger partial charge in [0.1, 0.15) is 6.29 Å². The van der Waals surface area contributed by atoms with E-state index in [2.05, 4.69) is 5.32 Å². The fraction of sp³-hybridized carbons (Fsp3) is 0.333. The third-order valence-corrected chi connectivity index (χ3v) is 1.90. The maximum absolute atomic E-state index is 11.4. The first kappa shape index (κ1) is 11.4. The molecule has 1 aromatic rings. The number of hydrogen-bond donors (Lipinski definition) is 1. The van der Waals surface area contributed by atoms with Crippen LogP contribution in [-0.4, -0.2) is 18.2 Å². The molecule has 80 valence electrons. The summed E-state index contributed by atoms with van der Waals surface area (Å²) < 4.78 is 0. The molecule has 0 aromatic heterocycles. The highest BCUT2D eigenvalue weighted by Crippen LogP contribution is 2.04. The highest BCUT2D eigenvalue weighted by Gasteiger charge is 2.04. The second-order valence-corrected chi connectivity index (χ2v) is 3.76. The molecule has 1 rings (SSSR count). The van der Waals surface area contributed by atoms with Gasteiger partial charge in [-0.05, 0) is 25.5 Å². The predicted octanol–water partition coefficient (Wildman–Crippen LogP) is 1.57. The van der Waals surface area contributed by atoms with Crippen LogP contribution in [0.15, 0.2) is 24.3 Å². The molecule has 3 heteroatoms. The Kier molecular flexibility index (Phi) is 4.03. The molecule has 0 fully saturated rings. The quantitative estimate of drug-likeness (QED) is 0.758. The molecule has 0 radical (unpaired) electrons. The summed E-state index contributed by atoms with van der Waals surface area (Å²) in [4.78, 5) is 21.9. The van der Waals surface area contributed by atoms with E-state index in [1.165, 1.54) is 0 Å². The van der Waals surface area contributed by atoms with E-state index < -0.39 is 0 Å². The van der Waals surface area contributed by atoms with Gasteiger partial charge >= 0.3 is 0 Å². The molecule has 3 nitrogen and oxygen atoms in total. The van der Waals surface area contributed by atoms with Crippen LogP contribution in [0.5, 0.6) is 0 Å². The summed E-state index contributed by atoms with van der Waals surface area (Å²) in [7, 11) is 0. The van der Waals surface area contributed by atoms with Gasteiger partial charge in [0, 0.05) is 11.6 Å². The van der Waals surface area contributed by atoms with Crippen molar-refractivity contribution >= 4 is 12.2 Å². The smallest absolute Gasteiger partial charge is 0.224 e. The van der Waals surface area contributed by atoms with E-state index in [1.807, 2.05) is 19.9 Å². The van der Waals surface area contributed by atoms with E-state index in [0.717, 1.165) is 11.8 Å². The minimum absolute atomic E-state index is 0.0203. The molecule has 0 heterocycles. The first-order valence-corrected chi connectivity index (χ1v) is 4.95. The van der Waals surface area contributed by atoms with E-state index in [-0.39, 0.29) is 11.9 Å². The largest absolute Gasteiger partial charge is 0.354 e. The average Bonchev–Trinajstić information content (AvgIpc) is 2.16. The minimum Gasteiger partial charge on any atom is -0.354 e. The lowest BCUT2D eigenvalue weighted by Crippen LogP contribution is -2.31. The summed E-state index contributed by atoms with van der Waals surface area (Å²) in [6.45, 7) is 3.83. The van der Waals surface area contributed by atoms with Crippen molar-refractivity contribution in [3.05, 3.63) is 35.4 Å². The zero-order valence-corrected chi connectivity index (χ0v) is 8.99. The molecule has 0 aliphatic carbocycles. The predicted molar refractivity (Wildman–Crippen MR) is 58.8 cm³/mol. The maximum Gasteiger partial charge on any atom is 0.224 e. The van der Waals surface area contributed by atoms with Crippen LogP contribution in [0.2, 0.25) is 0 Å². The van der Waals surface area contributed by atoms with E-state index in [1.54, 1.807) is 18.2 Å². The van der Waals surface area contributed by atoms with E-state index >= 15 is 0 Å². The van der Waals surface area contributed by atoms with Crippen LogP contribution < -0.4 is 5.32 Å². The van der Waals surface area contributed by atoms with Crippen LogP contribution in [0.25, 0.3) is 0 Å². The average molecular weight is 205 g/mol. The number of amides is 1. The van der Waals surface area contributed by atoms with Gasteiger partial charge in [-0.2, -0.15) is 0 Å². The van der Waals surface area contributed by atoms with Crippen LogP contribution in [0.4, 0.5) is 0 Å². The summed E-state index contributed by atoms with van der Waals surface area (Å²) >= 11 is 0. The summed E-state index contributed by atoms with van der Waals surface area (Å²) in [6.07, 6.45) is 1.10. The van der Waals surface area contributed by atoms with Crippen LogP contribution >= 0.6 is 0 Å². The fourth-order valence-corrected chi connectivity index (χ4v) is 1.33. The molecule has 0 bridgehead atoms. The fourth-order valence-electron chi connectivity index (χ4n) is 1.33. The standard InChI is InChI=1S/C12H15NO2/c1-9(2)13-12(15)7-10-4-3-5-11(6-10)8-14/h3-6,8-9H,7H2,1-2H3,(H,13,15). The van der Waals surface area contributed by atoms with Crippen molar-refractivity contribution in [1.29, 1.82) is 0 Å². The van der Waals surface area contributed by atoms with Crippen molar-refractivity contribution in [3.8, 4) is 0 Å². The zero-order chi connectivity index (χ0) is 11.3. The number of rotatable bonds is 4. The van der Waals surface area contributed by atoms with Crippen molar-refractivity contribution in [2.75, 3.05) is 0 Å². The molecule has 0 aliphatic heterocycles. The van der Waals surface area contributed by atoms with Crippen molar-refractivity contribution in [2.45, 2.75) is 26.3 Å². The van der Waals surface area contributed by atoms with Gasteiger partial charge in [0.15, 0.2) is 0 Å². The second-order valence-electron chi connectivity index (χ2n) is 3.76. The Labute approximate surface area is 89.5 Å². The van der Waals surface area contributed by atoms with E-state index in [0.29, 0.717) is 12.0 Å². The Hall–Kier alpha value is -1.64. The molecular weight excluding hydrogens is 190 g/mol. The van der Waals surface area contributed by atoms with Gasteiger partial charge in [-0.3, -0.25) is 9.59 Å². The Morgan fingerprint density at radius 2 is 2.20 bits per heavy atom. The number of nitrogens with one attached hydrogen (secondary N) is 1. The Bertz CT molecular complexity index is 358. The molecule has 0 atom stereocenters. The van der Waals surface area contributed by atoms with Crippen molar-refractivity contribution in [2.24, 2.45) is 0 Å². The van der Waals surface area contributed by atoms with Crippen molar-refractivity contribution in [1.82, 2.24) is 5.32 Å². The molecule has 1 N–H and O–H groups in total. The lowest BCUT2D eigenvalue weighted by atomic mass is 10.1. The summed E-state index contributed by atoms with van der Waals surface area (Å²) in [5.41, 5.74) is 1.46. The molecule has 0 aliphatic rings. The lowest BCUT2D eigenvalue weighted by Gasteiger charge is -2.08. The molecule has 0 saturated carbocycles. The first-order chi connectivity index (χ1) is 7.11. The SMILES string of the molecule is CC(C)NC(=O)Cc1cccc(C=O)c1. The molecule has 1 aromatic carbocycles. The van der Waals surface area contributed by atoms with Gasteiger partial charge in [0.2, 0.25) is 5.91 Å². The van der Waals surface area contributed by atoms with Crippen LogP contribution in [0, 0.1) is 0 Å².